The van der Waals surface area contributed by atoms with Crippen LogP contribution in [0.5, 0.6) is 5.75 Å². The zero-order valence-electron chi connectivity index (χ0n) is 15.4. The van der Waals surface area contributed by atoms with Crippen molar-refractivity contribution in [2.45, 2.75) is 51.0 Å². The van der Waals surface area contributed by atoms with Gasteiger partial charge < -0.3 is 10.1 Å². The molecule has 1 N–H and O–H groups in total. The summed E-state index contributed by atoms with van der Waals surface area (Å²) >= 11 is 6.21. The van der Waals surface area contributed by atoms with E-state index >= 15 is 0 Å². The summed E-state index contributed by atoms with van der Waals surface area (Å²) in [6, 6.07) is 14.4. The van der Waals surface area contributed by atoms with E-state index in [2.05, 4.69) is 11.4 Å². The number of halogens is 1. The van der Waals surface area contributed by atoms with Crippen molar-refractivity contribution in [2.75, 3.05) is 5.32 Å². The topological polar surface area (TPSA) is 62.1 Å². The fourth-order valence-electron chi connectivity index (χ4n) is 3.48. The van der Waals surface area contributed by atoms with Crippen molar-refractivity contribution >= 4 is 23.2 Å². The van der Waals surface area contributed by atoms with Gasteiger partial charge in [0, 0.05) is 10.7 Å². The lowest BCUT2D eigenvalue weighted by atomic mass is 9.83. The molecule has 2 aromatic rings. The number of carbonyl (C=O) groups is 1. The van der Waals surface area contributed by atoms with Crippen molar-refractivity contribution in [3.63, 3.8) is 0 Å². The Morgan fingerprint density at radius 3 is 2.56 bits per heavy atom. The Hall–Kier alpha value is -2.51. The second kappa shape index (κ2) is 8.92. The summed E-state index contributed by atoms with van der Waals surface area (Å²) in [5, 5.41) is 12.4. The molecule has 0 unspecified atom stereocenters. The van der Waals surface area contributed by atoms with Crippen LogP contribution in [-0.4, -0.2) is 12.0 Å². The van der Waals surface area contributed by atoms with E-state index in [0.717, 1.165) is 24.2 Å². The molecule has 140 valence electrons. The first-order valence-corrected chi connectivity index (χ1v) is 9.72. The van der Waals surface area contributed by atoms with E-state index in [1.165, 1.54) is 19.3 Å². The molecule has 27 heavy (non-hydrogen) atoms. The minimum Gasteiger partial charge on any atom is -0.481 e. The number of benzene rings is 2. The number of ether oxygens (including phenoxy) is 1. The lowest BCUT2D eigenvalue weighted by Gasteiger charge is -2.25. The molecule has 0 aromatic heterocycles. The van der Waals surface area contributed by atoms with Crippen LogP contribution in [0.25, 0.3) is 0 Å². The quantitative estimate of drug-likeness (QED) is 0.725. The van der Waals surface area contributed by atoms with Gasteiger partial charge in [0.25, 0.3) is 5.91 Å². The van der Waals surface area contributed by atoms with Crippen molar-refractivity contribution in [1.29, 1.82) is 5.26 Å². The van der Waals surface area contributed by atoms with Gasteiger partial charge in [-0.25, -0.2) is 0 Å². The smallest absolute Gasteiger partial charge is 0.265 e. The van der Waals surface area contributed by atoms with Crippen molar-refractivity contribution in [1.82, 2.24) is 0 Å². The molecule has 3 rings (SSSR count). The van der Waals surface area contributed by atoms with Gasteiger partial charge in [-0.2, -0.15) is 5.26 Å². The third-order valence-electron chi connectivity index (χ3n) is 4.97. The maximum Gasteiger partial charge on any atom is 0.265 e. The zero-order chi connectivity index (χ0) is 19.2. The highest BCUT2D eigenvalue weighted by Gasteiger charge is 2.22. The minimum atomic E-state index is -0.649. The molecule has 1 aliphatic rings. The largest absolute Gasteiger partial charge is 0.481 e. The standard InChI is InChI=1S/C22H23ClN2O2/c1-15(22(26)25-19-10-7-16(14-24)8-11-19)27-21-12-9-18(23)13-20(21)17-5-3-2-4-6-17/h7-13,15,17H,2-6H2,1H3,(H,25,26)/t15-/m1/s1. The number of nitrogens with one attached hydrogen (secondary N) is 1. The van der Waals surface area contributed by atoms with Crippen LogP contribution in [0.2, 0.25) is 5.02 Å². The third-order valence-corrected chi connectivity index (χ3v) is 5.21. The highest BCUT2D eigenvalue weighted by Crippen LogP contribution is 2.39. The Balaban J connectivity index is 1.70. The van der Waals surface area contributed by atoms with Gasteiger partial charge in [-0.3, -0.25) is 4.79 Å². The van der Waals surface area contributed by atoms with Crippen molar-refractivity contribution in [3.05, 3.63) is 58.6 Å². The average Bonchev–Trinajstić information content (AvgIpc) is 2.70. The second-order valence-corrected chi connectivity index (χ2v) is 7.39. The summed E-state index contributed by atoms with van der Waals surface area (Å²) < 4.78 is 6.01. The van der Waals surface area contributed by atoms with E-state index in [-0.39, 0.29) is 5.91 Å². The second-order valence-electron chi connectivity index (χ2n) is 6.96. The summed E-state index contributed by atoms with van der Waals surface area (Å²) in [5.41, 5.74) is 2.29. The van der Waals surface area contributed by atoms with E-state index < -0.39 is 6.10 Å². The maximum absolute atomic E-state index is 12.5. The number of rotatable bonds is 5. The van der Waals surface area contributed by atoms with Crippen LogP contribution in [-0.2, 0) is 4.79 Å². The lowest BCUT2D eigenvalue weighted by molar-refractivity contribution is -0.122. The monoisotopic (exact) mass is 382 g/mol. The molecule has 0 spiro atoms. The lowest BCUT2D eigenvalue weighted by Crippen LogP contribution is -2.30. The van der Waals surface area contributed by atoms with Gasteiger partial charge in [-0.05, 0) is 73.7 Å². The summed E-state index contributed by atoms with van der Waals surface area (Å²) in [6.07, 6.45) is 5.31. The number of hydrogen-bond donors (Lipinski definition) is 1. The first kappa shape index (κ1) is 19.3. The Morgan fingerprint density at radius 1 is 1.19 bits per heavy atom. The van der Waals surface area contributed by atoms with Gasteiger partial charge in [0.2, 0.25) is 0 Å². The van der Waals surface area contributed by atoms with Gasteiger partial charge in [0.15, 0.2) is 6.10 Å². The molecular formula is C22H23ClN2O2. The highest BCUT2D eigenvalue weighted by atomic mass is 35.5. The molecule has 2 aromatic carbocycles. The summed E-state index contributed by atoms with van der Waals surface area (Å²) in [6.45, 7) is 1.73. The van der Waals surface area contributed by atoms with Crippen LogP contribution >= 0.6 is 11.6 Å². The summed E-state index contributed by atoms with van der Waals surface area (Å²) in [5.74, 6) is 0.930. The molecule has 1 amide bonds. The van der Waals surface area contributed by atoms with E-state index in [1.54, 1.807) is 37.3 Å². The SMILES string of the molecule is C[C@@H](Oc1ccc(Cl)cc1C1CCCCC1)C(=O)Nc1ccc(C#N)cc1. The number of carbonyl (C=O) groups excluding carboxylic acids is 1. The van der Waals surface area contributed by atoms with Crippen molar-refractivity contribution in [3.8, 4) is 11.8 Å². The van der Waals surface area contributed by atoms with Crippen LogP contribution in [0.4, 0.5) is 5.69 Å². The molecule has 5 heteroatoms. The molecule has 1 fully saturated rings. The van der Waals surface area contributed by atoms with Crippen molar-refractivity contribution < 1.29 is 9.53 Å². The third kappa shape index (κ3) is 5.02. The fourth-order valence-corrected chi connectivity index (χ4v) is 3.66. The normalized spacial score (nSPS) is 15.6. The Morgan fingerprint density at radius 2 is 1.89 bits per heavy atom. The van der Waals surface area contributed by atoms with Gasteiger partial charge in [-0.1, -0.05) is 30.9 Å². The fraction of sp³-hybridized carbons (Fsp3) is 0.364. The summed E-state index contributed by atoms with van der Waals surface area (Å²) in [7, 11) is 0. The van der Waals surface area contributed by atoms with Gasteiger partial charge >= 0.3 is 0 Å². The molecule has 0 aliphatic heterocycles. The van der Waals surface area contributed by atoms with Crippen LogP contribution in [0.3, 0.4) is 0 Å². The molecule has 4 nitrogen and oxygen atoms in total. The summed E-state index contributed by atoms with van der Waals surface area (Å²) in [4.78, 5) is 12.5. The van der Waals surface area contributed by atoms with Gasteiger partial charge in [0.05, 0.1) is 11.6 Å². The molecular weight excluding hydrogens is 360 g/mol. The molecule has 1 aliphatic carbocycles. The Labute approximate surface area is 165 Å². The minimum absolute atomic E-state index is 0.232. The molecule has 1 atom stereocenters. The maximum atomic E-state index is 12.5. The molecule has 0 heterocycles. The van der Waals surface area contributed by atoms with Crippen LogP contribution < -0.4 is 10.1 Å². The average molecular weight is 383 g/mol. The number of nitrogens with zero attached hydrogens (tertiary/aromatic N) is 1. The van der Waals surface area contributed by atoms with E-state index in [0.29, 0.717) is 22.2 Å². The molecule has 0 bridgehead atoms. The van der Waals surface area contributed by atoms with Gasteiger partial charge in [-0.15, -0.1) is 0 Å². The number of anilines is 1. The van der Waals surface area contributed by atoms with Crippen LogP contribution in [0, 0.1) is 11.3 Å². The molecule has 0 saturated heterocycles. The highest BCUT2D eigenvalue weighted by molar-refractivity contribution is 6.30. The van der Waals surface area contributed by atoms with Crippen LogP contribution in [0.1, 0.15) is 56.1 Å². The van der Waals surface area contributed by atoms with E-state index in [1.807, 2.05) is 12.1 Å². The Kier molecular flexibility index (Phi) is 6.36. The van der Waals surface area contributed by atoms with Gasteiger partial charge in [0.1, 0.15) is 5.75 Å². The number of nitriles is 1. The predicted molar refractivity (Wildman–Crippen MR) is 107 cm³/mol. The zero-order valence-corrected chi connectivity index (χ0v) is 16.1. The molecule has 1 saturated carbocycles. The first-order valence-electron chi connectivity index (χ1n) is 9.34. The van der Waals surface area contributed by atoms with Crippen molar-refractivity contribution in [2.24, 2.45) is 0 Å². The Bertz CT molecular complexity index is 836. The number of amides is 1. The van der Waals surface area contributed by atoms with E-state index in [4.69, 9.17) is 21.6 Å². The van der Waals surface area contributed by atoms with E-state index in [9.17, 15) is 4.79 Å². The first-order chi connectivity index (χ1) is 13.1. The molecule has 0 radical (unpaired) electrons. The van der Waals surface area contributed by atoms with Crippen LogP contribution in [0.15, 0.2) is 42.5 Å². The predicted octanol–water partition coefficient (Wildman–Crippen LogP) is 5.67. The number of hydrogen-bond acceptors (Lipinski definition) is 3.